The maximum Gasteiger partial charge on any atom is 2.00 e. The number of para-hydroxylation sites is 3. The van der Waals surface area contributed by atoms with Crippen LogP contribution in [0.5, 0.6) is 0 Å². The molecule has 12 rings (SSSR count). The molecule has 0 saturated heterocycles. The van der Waals surface area contributed by atoms with E-state index in [0.717, 1.165) is 71.9 Å². The van der Waals surface area contributed by atoms with Crippen molar-refractivity contribution in [3.05, 3.63) is 219 Å². The topological polar surface area (TPSA) is 47.1 Å². The number of fused-ring (bicyclic) bond motifs is 7. The van der Waals surface area contributed by atoms with Crippen molar-refractivity contribution < 1.29 is 24.8 Å². The molecule has 308 valence electrons. The van der Waals surface area contributed by atoms with Crippen molar-refractivity contribution in [3.63, 3.8) is 0 Å². The van der Waals surface area contributed by atoms with Crippen LogP contribution in [0.1, 0.15) is 0 Å². The van der Waals surface area contributed by atoms with Gasteiger partial charge in [0.15, 0.2) is 0 Å². The second kappa shape index (κ2) is 15.9. The van der Waals surface area contributed by atoms with E-state index >= 15 is 0 Å². The summed E-state index contributed by atoms with van der Waals surface area (Å²) in [4.78, 5) is 12.6. The number of rotatable bonds is 7. The van der Waals surface area contributed by atoms with Gasteiger partial charge >= 0.3 is 20.4 Å². The number of hydrogen-bond acceptors (Lipinski definition) is 4. The minimum atomic E-state index is -3.20. The van der Waals surface area contributed by atoms with Crippen LogP contribution in [0.4, 0.5) is 17.2 Å². The maximum absolute atomic E-state index is 6.62. The third-order valence-corrected chi connectivity index (χ3v) is 24.1. The van der Waals surface area contributed by atoms with Crippen LogP contribution in [-0.2, 0) is 27.5 Å². The van der Waals surface area contributed by atoms with Crippen molar-refractivity contribution in [3.8, 4) is 11.4 Å². The first-order valence-corrected chi connectivity index (χ1v) is 27.0. The van der Waals surface area contributed by atoms with E-state index in [1.165, 1.54) is 25.9 Å². The first-order chi connectivity index (χ1) is 31.0. The predicted octanol–water partition coefficient (Wildman–Crippen LogP) is 8.14. The van der Waals surface area contributed by atoms with E-state index < -0.39 is 15.8 Å². The summed E-state index contributed by atoms with van der Waals surface area (Å²) in [6.07, 6.45) is 1.88. The summed E-state index contributed by atoms with van der Waals surface area (Å²) in [6.45, 7) is 0. The van der Waals surface area contributed by atoms with Crippen molar-refractivity contribution in [2.45, 2.75) is 0 Å². The van der Waals surface area contributed by atoms with Gasteiger partial charge in [-0.3, -0.25) is 4.98 Å². The van der Waals surface area contributed by atoms with Crippen LogP contribution in [0, 0.1) is 12.1 Å². The van der Waals surface area contributed by atoms with Crippen LogP contribution in [0.25, 0.3) is 44.4 Å². The molecule has 64 heavy (non-hydrogen) atoms. The second-order valence-corrected chi connectivity index (χ2v) is 25.8. The molecule has 0 fully saturated rings. The molecule has 8 aromatic carbocycles. The van der Waals surface area contributed by atoms with Crippen LogP contribution >= 0.6 is 8.79 Å². The molecular formula is C55H39N4OPPdSi2. The first-order valence-electron chi connectivity index (χ1n) is 21.2. The summed E-state index contributed by atoms with van der Waals surface area (Å²) >= 11 is 0. The monoisotopic (exact) mass is 964 g/mol. The molecule has 0 N–H and O–H groups in total. The normalized spacial score (nSPS) is 14.6. The quantitative estimate of drug-likeness (QED) is 0.0702. The van der Waals surface area contributed by atoms with Gasteiger partial charge in [-0.25, -0.2) is 4.98 Å². The summed E-state index contributed by atoms with van der Waals surface area (Å²) in [5.41, 5.74) is 6.85. The average Bonchev–Trinajstić information content (AvgIpc) is 3.90. The van der Waals surface area contributed by atoms with Gasteiger partial charge in [0.05, 0.1) is 16.9 Å². The number of benzene rings is 8. The van der Waals surface area contributed by atoms with Gasteiger partial charge < -0.3 is 13.9 Å². The zero-order valence-corrected chi connectivity index (χ0v) is 39.4. The number of aryl methyl sites for hydroxylation is 1. The summed E-state index contributed by atoms with van der Waals surface area (Å²) < 4.78 is 8.80. The SMILES string of the molecule is Cn1c(-c2[c-]c([Si](c3[c-]c4c(cc3)[Si](P)(c3ccccc3)c3c(ccc5oc6ccccc6c35)N4c3ccccn3)(c3ccccc3)c3ccccc3)ccc2)nc2ccccc21.[Pd+2]. The Labute approximate surface area is 389 Å². The van der Waals surface area contributed by atoms with Crippen LogP contribution in [0.2, 0.25) is 0 Å². The molecule has 3 aromatic heterocycles. The number of anilines is 3. The van der Waals surface area contributed by atoms with Crippen molar-refractivity contribution in [1.82, 2.24) is 14.5 Å². The molecule has 0 radical (unpaired) electrons. The smallest absolute Gasteiger partial charge is 0.456 e. The molecule has 1 aliphatic heterocycles. The molecule has 5 nitrogen and oxygen atoms in total. The number of nitrogens with zero attached hydrogens (tertiary/aromatic N) is 4. The van der Waals surface area contributed by atoms with E-state index in [0.29, 0.717) is 0 Å². The fraction of sp³-hybridized carbons (Fsp3) is 0.0182. The Morgan fingerprint density at radius 2 is 1.28 bits per heavy atom. The Hall–Kier alpha value is -6.49. The van der Waals surface area contributed by atoms with Crippen LogP contribution in [0.15, 0.2) is 211 Å². The summed E-state index contributed by atoms with van der Waals surface area (Å²) in [5.74, 6) is 1.71. The van der Waals surface area contributed by atoms with E-state index in [4.69, 9.17) is 14.4 Å². The van der Waals surface area contributed by atoms with Gasteiger partial charge in [0, 0.05) is 29.7 Å². The molecular weight excluding hydrogens is 926 g/mol. The van der Waals surface area contributed by atoms with Gasteiger partial charge in [0.2, 0.25) is 0 Å². The maximum atomic E-state index is 6.62. The summed E-state index contributed by atoms with van der Waals surface area (Å²) in [7, 11) is -0.543. The van der Waals surface area contributed by atoms with Gasteiger partial charge in [0.25, 0.3) is 0 Å². The molecule has 0 saturated carbocycles. The number of pyridine rings is 1. The van der Waals surface area contributed by atoms with Crippen LogP contribution < -0.4 is 41.2 Å². The Morgan fingerprint density at radius 3 is 2.02 bits per heavy atom. The fourth-order valence-corrected chi connectivity index (χ4v) is 20.5. The standard InChI is InChI=1S/C55H39N4OPSi2.Pd/c1-58-46-28-13-12-27-45(46)57-55(58)38-18-17-25-42(36-38)62(39-19-5-2-6-20-39,40-21-7-3-8-22-40)43-31-34-51-48(37-43)59(52-30-15-16-35-56-52)47-32-33-50-53(44-26-11-14-29-49(44)60-50)54(47)63(51,61)41-23-9-4-10-24-41;/h2-35H,61H2,1H3;/q-2;+2. The van der Waals surface area contributed by atoms with Gasteiger partial charge in [0.1, 0.15) is 32.8 Å². The minimum Gasteiger partial charge on any atom is -0.456 e. The molecule has 0 bridgehead atoms. The van der Waals surface area contributed by atoms with E-state index in [1.807, 2.05) is 24.4 Å². The largest absolute Gasteiger partial charge is 2.00 e. The zero-order chi connectivity index (χ0) is 42.1. The Morgan fingerprint density at radius 1 is 0.609 bits per heavy atom. The molecule has 11 aromatic rings. The van der Waals surface area contributed by atoms with Crippen molar-refractivity contribution in [2.75, 3.05) is 4.90 Å². The first kappa shape index (κ1) is 40.3. The zero-order valence-electron chi connectivity index (χ0n) is 34.7. The summed E-state index contributed by atoms with van der Waals surface area (Å²) in [5, 5.41) is 10.8. The van der Waals surface area contributed by atoms with E-state index in [1.54, 1.807) is 0 Å². The minimum absolute atomic E-state index is 0. The molecule has 0 aliphatic carbocycles. The molecule has 9 heteroatoms. The fourth-order valence-electron chi connectivity index (χ4n) is 10.1. The summed E-state index contributed by atoms with van der Waals surface area (Å²) in [6, 6.07) is 80.1. The predicted molar refractivity (Wildman–Crippen MR) is 268 cm³/mol. The van der Waals surface area contributed by atoms with E-state index in [9.17, 15) is 0 Å². The Kier molecular flexibility index (Phi) is 10.0. The van der Waals surface area contributed by atoms with Crippen LogP contribution in [-0.4, -0.2) is 30.4 Å². The average molecular weight is 966 g/mol. The van der Waals surface area contributed by atoms with Crippen molar-refractivity contribution in [1.29, 1.82) is 0 Å². The Balaban J connectivity index is 0.00000456. The third-order valence-electron chi connectivity index (χ3n) is 12.9. The van der Waals surface area contributed by atoms with Crippen LogP contribution in [0.3, 0.4) is 0 Å². The molecule has 2 atom stereocenters. The number of imidazole rings is 1. The number of hydrogen-bond donors (Lipinski definition) is 0. The molecule has 2 unspecified atom stereocenters. The van der Waals surface area contributed by atoms with Gasteiger partial charge in [-0.05, 0) is 58.0 Å². The molecule has 0 spiro atoms. The van der Waals surface area contributed by atoms with Crippen molar-refractivity contribution in [2.24, 2.45) is 7.05 Å². The van der Waals surface area contributed by atoms with Crippen molar-refractivity contribution >= 4 is 111 Å². The third kappa shape index (κ3) is 6.02. The van der Waals surface area contributed by atoms with Gasteiger partial charge in [-0.2, -0.15) is 23.4 Å². The number of furan rings is 1. The van der Waals surface area contributed by atoms with Gasteiger partial charge in [-0.15, -0.1) is 49.0 Å². The second-order valence-electron chi connectivity index (χ2n) is 16.2. The van der Waals surface area contributed by atoms with Gasteiger partial charge in [-0.1, -0.05) is 138 Å². The van der Waals surface area contributed by atoms with E-state index in [-0.39, 0.29) is 20.4 Å². The molecule has 1 aliphatic rings. The van der Waals surface area contributed by atoms with E-state index in [2.05, 4.69) is 219 Å². The molecule has 4 heterocycles. The Bertz CT molecular complexity index is 3470. The number of aromatic nitrogens is 3. The molecule has 0 amide bonds.